The normalized spacial score (nSPS) is 19.3. The van der Waals surface area contributed by atoms with E-state index in [1.807, 2.05) is 41.9 Å². The van der Waals surface area contributed by atoms with Crippen molar-refractivity contribution in [3.05, 3.63) is 52.8 Å². The molecular weight excluding hydrogens is 406 g/mol. The highest BCUT2D eigenvalue weighted by Gasteiger charge is 2.40. The maximum atomic E-state index is 13.0. The number of aliphatic hydroxyl groups is 1. The second-order valence-corrected chi connectivity index (χ2v) is 9.99. The molecule has 1 saturated heterocycles. The van der Waals surface area contributed by atoms with Gasteiger partial charge in [-0.25, -0.2) is 0 Å². The predicted molar refractivity (Wildman–Crippen MR) is 121 cm³/mol. The van der Waals surface area contributed by atoms with E-state index in [0.717, 1.165) is 55.0 Å². The molecule has 2 aliphatic heterocycles. The van der Waals surface area contributed by atoms with Crippen LogP contribution in [0.4, 0.5) is 0 Å². The first-order valence-corrected chi connectivity index (χ1v) is 11.6. The number of rotatable bonds is 7. The Morgan fingerprint density at radius 2 is 2.00 bits per heavy atom. The Morgan fingerprint density at radius 3 is 2.69 bits per heavy atom. The van der Waals surface area contributed by atoms with Gasteiger partial charge in [-0.1, -0.05) is 51.1 Å². The summed E-state index contributed by atoms with van der Waals surface area (Å²) in [6.45, 7) is 9.37. The van der Waals surface area contributed by atoms with Crippen LogP contribution in [0.25, 0.3) is 0 Å². The van der Waals surface area contributed by atoms with Gasteiger partial charge in [0, 0.05) is 37.3 Å². The average Bonchev–Trinajstić information content (AvgIpc) is 3.06. The Bertz CT molecular complexity index is 932. The van der Waals surface area contributed by atoms with Crippen LogP contribution in [0.2, 0.25) is 0 Å². The second kappa shape index (κ2) is 9.33. The molecular formula is C25H35N3O4. The number of carbonyl (C=O) groups excluding carboxylic acids is 1. The van der Waals surface area contributed by atoms with Crippen molar-refractivity contribution in [3.8, 4) is 0 Å². The smallest absolute Gasteiger partial charge is 0.255 e. The summed E-state index contributed by atoms with van der Waals surface area (Å²) in [6.07, 6.45) is 2.45. The van der Waals surface area contributed by atoms with E-state index in [2.05, 4.69) is 19.2 Å². The molecule has 3 heterocycles. The molecule has 1 fully saturated rings. The molecule has 174 valence electrons. The zero-order valence-corrected chi connectivity index (χ0v) is 19.4. The predicted octanol–water partition coefficient (Wildman–Crippen LogP) is 3.26. The lowest BCUT2D eigenvalue weighted by atomic mass is 9.76. The molecule has 0 saturated carbocycles. The molecule has 1 amide bonds. The number of hydrogen-bond acceptors (Lipinski definition) is 5. The van der Waals surface area contributed by atoms with Crippen molar-refractivity contribution >= 4 is 5.91 Å². The van der Waals surface area contributed by atoms with Gasteiger partial charge in [0.25, 0.3) is 5.91 Å². The molecule has 1 atom stereocenters. The monoisotopic (exact) mass is 441 g/mol. The summed E-state index contributed by atoms with van der Waals surface area (Å²) in [5.74, 6) is -0.0139. The number of benzene rings is 1. The molecule has 4 rings (SSSR count). The standard InChI is InChI=1S/C25H35N3O4/c1-4-19-21-20(14-25(15-26-22(21)29)10-12-31-13-11-25)28(27-19)16-24(2,3)17-32-23(30)18-8-6-5-7-9-18/h5-9,23,30H,4,10-17H2,1-3H3,(H,26,29). The fourth-order valence-electron chi connectivity index (χ4n) is 4.77. The number of nitrogens with zero attached hydrogens (tertiary/aromatic N) is 2. The van der Waals surface area contributed by atoms with Gasteiger partial charge in [0.15, 0.2) is 6.29 Å². The number of ether oxygens (including phenoxy) is 2. The molecule has 1 aromatic heterocycles. The number of aliphatic hydroxyl groups excluding tert-OH is 1. The molecule has 0 aliphatic carbocycles. The van der Waals surface area contributed by atoms with E-state index in [-0.39, 0.29) is 16.7 Å². The Hall–Kier alpha value is -2.22. The summed E-state index contributed by atoms with van der Waals surface area (Å²) in [7, 11) is 0. The van der Waals surface area contributed by atoms with E-state index in [0.29, 0.717) is 26.1 Å². The first kappa shape index (κ1) is 23.0. The van der Waals surface area contributed by atoms with Crippen molar-refractivity contribution in [3.63, 3.8) is 0 Å². The van der Waals surface area contributed by atoms with Crippen LogP contribution in [0.15, 0.2) is 30.3 Å². The van der Waals surface area contributed by atoms with E-state index >= 15 is 0 Å². The highest BCUT2D eigenvalue weighted by atomic mass is 16.6. The van der Waals surface area contributed by atoms with Crippen molar-refractivity contribution in [2.75, 3.05) is 26.4 Å². The van der Waals surface area contributed by atoms with Crippen LogP contribution >= 0.6 is 0 Å². The van der Waals surface area contributed by atoms with E-state index in [4.69, 9.17) is 14.6 Å². The minimum atomic E-state index is -0.965. The van der Waals surface area contributed by atoms with Gasteiger partial charge in [-0.2, -0.15) is 5.10 Å². The first-order chi connectivity index (χ1) is 15.3. The van der Waals surface area contributed by atoms with Crippen LogP contribution in [0.1, 0.15) is 67.2 Å². The van der Waals surface area contributed by atoms with E-state index in [9.17, 15) is 9.90 Å². The van der Waals surface area contributed by atoms with Crippen molar-refractivity contribution in [2.24, 2.45) is 10.8 Å². The van der Waals surface area contributed by atoms with Crippen molar-refractivity contribution in [1.82, 2.24) is 15.1 Å². The summed E-state index contributed by atoms with van der Waals surface area (Å²) in [5, 5.41) is 18.4. The van der Waals surface area contributed by atoms with Gasteiger partial charge in [0.05, 0.1) is 23.6 Å². The first-order valence-electron chi connectivity index (χ1n) is 11.6. The number of fused-ring (bicyclic) bond motifs is 1. The minimum absolute atomic E-state index is 0.0139. The minimum Gasteiger partial charge on any atom is -0.381 e. The fraction of sp³-hybridized carbons (Fsp3) is 0.600. The van der Waals surface area contributed by atoms with Gasteiger partial charge in [0.1, 0.15) is 0 Å². The third-order valence-electron chi connectivity index (χ3n) is 6.71. The van der Waals surface area contributed by atoms with Crippen molar-refractivity contribution < 1.29 is 19.4 Å². The molecule has 2 aromatic rings. The zero-order valence-electron chi connectivity index (χ0n) is 19.4. The van der Waals surface area contributed by atoms with Gasteiger partial charge in [0.2, 0.25) is 0 Å². The maximum Gasteiger partial charge on any atom is 0.255 e. The highest BCUT2D eigenvalue weighted by Crippen LogP contribution is 2.38. The number of amides is 1. The lowest BCUT2D eigenvalue weighted by molar-refractivity contribution is -0.127. The number of aromatic nitrogens is 2. The molecule has 0 radical (unpaired) electrons. The van der Waals surface area contributed by atoms with Gasteiger partial charge in [-0.3, -0.25) is 9.48 Å². The molecule has 1 spiro atoms. The fourth-order valence-corrected chi connectivity index (χ4v) is 4.77. The number of aryl methyl sites for hydroxylation is 1. The number of hydrogen-bond donors (Lipinski definition) is 2. The Balaban J connectivity index is 1.55. The Labute approximate surface area is 190 Å². The lowest BCUT2D eigenvalue weighted by Crippen LogP contribution is -2.41. The SMILES string of the molecule is CCc1nn(CC(C)(C)COC(O)c2ccccc2)c2c1C(=O)NCC1(CCOCC1)C2. The van der Waals surface area contributed by atoms with Gasteiger partial charge < -0.3 is 19.9 Å². The van der Waals surface area contributed by atoms with Crippen molar-refractivity contribution in [2.45, 2.75) is 59.3 Å². The molecule has 1 unspecified atom stereocenters. The summed E-state index contributed by atoms with van der Waals surface area (Å²) < 4.78 is 13.4. The lowest BCUT2D eigenvalue weighted by Gasteiger charge is -2.36. The van der Waals surface area contributed by atoms with E-state index in [1.54, 1.807) is 0 Å². The molecule has 7 heteroatoms. The summed E-state index contributed by atoms with van der Waals surface area (Å²) >= 11 is 0. The summed E-state index contributed by atoms with van der Waals surface area (Å²) in [6, 6.07) is 9.39. The quantitative estimate of drug-likeness (QED) is 0.644. The van der Waals surface area contributed by atoms with Crippen LogP contribution in [0.5, 0.6) is 0 Å². The zero-order chi connectivity index (χ0) is 22.8. The Morgan fingerprint density at radius 1 is 1.28 bits per heavy atom. The van der Waals surface area contributed by atoms with Crippen LogP contribution < -0.4 is 5.32 Å². The van der Waals surface area contributed by atoms with Crippen LogP contribution in [0, 0.1) is 10.8 Å². The van der Waals surface area contributed by atoms with Gasteiger partial charge in [-0.15, -0.1) is 0 Å². The van der Waals surface area contributed by atoms with Gasteiger partial charge in [-0.05, 0) is 31.1 Å². The molecule has 2 aliphatic rings. The van der Waals surface area contributed by atoms with Crippen molar-refractivity contribution in [1.29, 1.82) is 0 Å². The third-order valence-corrected chi connectivity index (χ3v) is 6.71. The molecule has 7 nitrogen and oxygen atoms in total. The second-order valence-electron chi connectivity index (χ2n) is 9.99. The highest BCUT2D eigenvalue weighted by molar-refractivity contribution is 5.97. The average molecular weight is 442 g/mol. The van der Waals surface area contributed by atoms with Gasteiger partial charge >= 0.3 is 0 Å². The number of carbonyl (C=O) groups is 1. The molecule has 2 N–H and O–H groups in total. The van der Waals surface area contributed by atoms with Crippen LogP contribution in [-0.4, -0.2) is 47.2 Å². The maximum absolute atomic E-state index is 13.0. The largest absolute Gasteiger partial charge is 0.381 e. The molecule has 1 aromatic carbocycles. The van der Waals surface area contributed by atoms with Crippen LogP contribution in [-0.2, 0) is 28.9 Å². The molecule has 32 heavy (non-hydrogen) atoms. The topological polar surface area (TPSA) is 85.6 Å². The van der Waals surface area contributed by atoms with Crippen LogP contribution in [0.3, 0.4) is 0 Å². The molecule has 0 bridgehead atoms. The summed E-state index contributed by atoms with van der Waals surface area (Å²) in [5.41, 5.74) is 3.09. The van der Waals surface area contributed by atoms with E-state index in [1.165, 1.54) is 0 Å². The Kier molecular flexibility index (Phi) is 6.70. The third kappa shape index (κ3) is 4.90. The van der Waals surface area contributed by atoms with E-state index < -0.39 is 6.29 Å². The number of nitrogens with one attached hydrogen (secondary N) is 1. The summed E-state index contributed by atoms with van der Waals surface area (Å²) in [4.78, 5) is 13.0.